The van der Waals surface area contributed by atoms with Crippen LogP contribution in [0.15, 0.2) is 122 Å². The van der Waals surface area contributed by atoms with Gasteiger partial charge >= 0.3 is 18.4 Å². The molecule has 276 valence electrons. The summed E-state index contributed by atoms with van der Waals surface area (Å²) in [5, 5.41) is 3.50. The number of fused-ring (bicyclic) bond motifs is 1. The molecule has 0 amide bonds. The van der Waals surface area contributed by atoms with Crippen molar-refractivity contribution in [3.63, 3.8) is 0 Å². The first-order valence-electron chi connectivity index (χ1n) is 17.3. The summed E-state index contributed by atoms with van der Waals surface area (Å²) in [6.45, 7) is 5.68. The fourth-order valence-electron chi connectivity index (χ4n) is 6.49. The van der Waals surface area contributed by atoms with Crippen LogP contribution in [-0.4, -0.2) is 49.8 Å². The van der Waals surface area contributed by atoms with Gasteiger partial charge in [-0.15, -0.1) is 0 Å². The fourth-order valence-corrected chi connectivity index (χ4v) is 6.49. The zero-order chi connectivity index (χ0) is 37.9. The van der Waals surface area contributed by atoms with Gasteiger partial charge in [0.2, 0.25) is 5.95 Å². The molecule has 4 aromatic carbocycles. The van der Waals surface area contributed by atoms with E-state index < -0.39 is 29.7 Å². The van der Waals surface area contributed by atoms with Crippen molar-refractivity contribution in [1.29, 1.82) is 0 Å². The second kappa shape index (κ2) is 15.0. The van der Waals surface area contributed by atoms with E-state index in [2.05, 4.69) is 46.2 Å². The number of halogens is 3. The zero-order valence-corrected chi connectivity index (χ0v) is 29.4. The molecule has 7 rings (SSSR count). The van der Waals surface area contributed by atoms with Crippen molar-refractivity contribution in [2.45, 2.75) is 51.0 Å². The lowest BCUT2D eigenvalue weighted by Gasteiger charge is -2.45. The monoisotopic (exact) mass is 735 g/mol. The average Bonchev–Trinajstić information content (AvgIpc) is 3.53. The zero-order valence-electron chi connectivity index (χ0n) is 29.4. The standard InChI is InChI=1S/C41H36F3N5O5/c1-40(2)21-20-28(25-48(40)24-27-12-6-3-7-13-27)46-37-45-23-34(41(42,43)44)36(47-37)33-26-49(38(50)52-29-14-8-4-9-15-29)35-22-31(18-19-32(33)35)54-39(51)53-30-16-10-5-11-17-30/h3-19,22-23,26,28H,20-21,24-25H2,1-2H3,(H,45,46,47)/t28-/m0/s1. The van der Waals surface area contributed by atoms with Crippen molar-refractivity contribution in [3.8, 4) is 28.5 Å². The molecule has 1 aliphatic rings. The highest BCUT2D eigenvalue weighted by atomic mass is 19.4. The molecular weight excluding hydrogens is 699 g/mol. The van der Waals surface area contributed by atoms with E-state index in [-0.39, 0.29) is 51.2 Å². The number of anilines is 1. The normalized spacial score (nSPS) is 15.8. The first kappa shape index (κ1) is 36.2. The van der Waals surface area contributed by atoms with E-state index in [0.29, 0.717) is 13.1 Å². The Morgan fingerprint density at radius 2 is 1.48 bits per heavy atom. The first-order chi connectivity index (χ1) is 25.9. The van der Waals surface area contributed by atoms with Crippen LogP contribution in [0.2, 0.25) is 0 Å². The number of aromatic nitrogens is 3. The molecule has 1 N–H and O–H groups in total. The number of rotatable bonds is 8. The highest BCUT2D eigenvalue weighted by Crippen LogP contribution is 2.41. The highest BCUT2D eigenvalue weighted by molar-refractivity contribution is 6.01. The van der Waals surface area contributed by atoms with Crippen molar-refractivity contribution in [2.24, 2.45) is 0 Å². The molecule has 0 aliphatic carbocycles. The molecule has 1 saturated heterocycles. The Morgan fingerprint density at radius 1 is 0.852 bits per heavy atom. The van der Waals surface area contributed by atoms with Gasteiger partial charge in [-0.2, -0.15) is 13.2 Å². The molecule has 54 heavy (non-hydrogen) atoms. The number of carbonyl (C=O) groups excluding carboxylic acids is 2. The maximum absolute atomic E-state index is 14.6. The van der Waals surface area contributed by atoms with Crippen molar-refractivity contribution >= 4 is 29.1 Å². The third-order valence-electron chi connectivity index (χ3n) is 9.37. The summed E-state index contributed by atoms with van der Waals surface area (Å²) >= 11 is 0. The number of nitrogens with zero attached hydrogens (tertiary/aromatic N) is 4. The fraction of sp³-hybridized carbons (Fsp3) is 0.220. The predicted octanol–water partition coefficient (Wildman–Crippen LogP) is 9.60. The summed E-state index contributed by atoms with van der Waals surface area (Å²) in [4.78, 5) is 37.1. The van der Waals surface area contributed by atoms with E-state index in [1.165, 1.54) is 24.4 Å². The molecule has 1 aliphatic heterocycles. The van der Waals surface area contributed by atoms with Crippen LogP contribution in [0.3, 0.4) is 0 Å². The second-order valence-corrected chi connectivity index (χ2v) is 13.6. The van der Waals surface area contributed by atoms with Crippen molar-refractivity contribution in [2.75, 3.05) is 11.9 Å². The topological polar surface area (TPSA) is 108 Å². The number of carbonyl (C=O) groups is 2. The van der Waals surface area contributed by atoms with Crippen molar-refractivity contribution in [1.82, 2.24) is 19.4 Å². The molecule has 0 spiro atoms. The van der Waals surface area contributed by atoms with Crippen LogP contribution < -0.4 is 19.5 Å². The summed E-state index contributed by atoms with van der Waals surface area (Å²) in [6, 6.07) is 30.6. The maximum Gasteiger partial charge on any atom is 0.519 e. The van der Waals surface area contributed by atoms with Gasteiger partial charge in [-0.1, -0.05) is 66.7 Å². The Bertz CT molecular complexity index is 2260. The van der Waals surface area contributed by atoms with Crippen LogP contribution in [-0.2, 0) is 12.7 Å². The number of alkyl halides is 3. The molecule has 0 bridgehead atoms. The summed E-state index contributed by atoms with van der Waals surface area (Å²) < 4.78 is 61.1. The van der Waals surface area contributed by atoms with Crippen LogP contribution >= 0.6 is 0 Å². The van der Waals surface area contributed by atoms with Gasteiger partial charge in [0.05, 0.1) is 11.2 Å². The average molecular weight is 736 g/mol. The molecule has 1 atom stereocenters. The van der Waals surface area contributed by atoms with Gasteiger partial charge in [-0.3, -0.25) is 9.47 Å². The second-order valence-electron chi connectivity index (χ2n) is 13.6. The van der Waals surface area contributed by atoms with E-state index in [0.717, 1.165) is 29.2 Å². The summed E-state index contributed by atoms with van der Waals surface area (Å²) in [7, 11) is 0. The number of hydrogen-bond donors (Lipinski definition) is 1. The van der Waals surface area contributed by atoms with Crippen LogP contribution in [0, 0.1) is 0 Å². The number of benzene rings is 4. The Labute approximate surface area is 309 Å². The smallest absolute Gasteiger partial charge is 0.410 e. The molecule has 2 aromatic heterocycles. The molecule has 0 saturated carbocycles. The van der Waals surface area contributed by atoms with E-state index in [4.69, 9.17) is 14.2 Å². The third kappa shape index (κ3) is 8.21. The predicted molar refractivity (Wildman–Crippen MR) is 196 cm³/mol. The molecule has 3 heterocycles. The quantitative estimate of drug-likeness (QED) is 0.121. The van der Waals surface area contributed by atoms with Gasteiger partial charge in [0, 0.05) is 54.1 Å². The number of nitrogens with one attached hydrogen (secondary N) is 1. The third-order valence-corrected chi connectivity index (χ3v) is 9.37. The molecule has 10 nitrogen and oxygen atoms in total. The number of likely N-dealkylation sites (tertiary alicyclic amines) is 1. The number of hydrogen-bond acceptors (Lipinski definition) is 9. The lowest BCUT2D eigenvalue weighted by Crippen LogP contribution is -2.53. The van der Waals surface area contributed by atoms with Gasteiger partial charge in [0.15, 0.2) is 0 Å². The summed E-state index contributed by atoms with van der Waals surface area (Å²) in [5.74, 6) is 0.447. The van der Waals surface area contributed by atoms with Crippen molar-refractivity contribution in [3.05, 3.63) is 133 Å². The lowest BCUT2D eigenvalue weighted by atomic mass is 9.87. The van der Waals surface area contributed by atoms with Gasteiger partial charge in [-0.05, 0) is 68.7 Å². The van der Waals surface area contributed by atoms with E-state index in [9.17, 15) is 22.8 Å². The van der Waals surface area contributed by atoms with E-state index >= 15 is 0 Å². The molecule has 0 radical (unpaired) electrons. The molecule has 13 heteroatoms. The number of piperidine rings is 1. The SMILES string of the molecule is CC1(C)CC[C@H](Nc2ncc(C(F)(F)F)c(-c3cn(C(=O)Oc4ccccc4)c4cc(OC(=O)Oc5ccccc5)ccc34)n2)CN1Cc1ccccc1. The van der Waals surface area contributed by atoms with Gasteiger partial charge in [0.25, 0.3) is 0 Å². The van der Waals surface area contributed by atoms with Gasteiger partial charge < -0.3 is 19.5 Å². The molecule has 6 aromatic rings. The van der Waals surface area contributed by atoms with E-state index in [1.807, 2.05) is 18.2 Å². The molecule has 1 fully saturated rings. The minimum atomic E-state index is -4.83. The van der Waals surface area contributed by atoms with Crippen LogP contribution in [0.25, 0.3) is 22.2 Å². The van der Waals surface area contributed by atoms with E-state index in [1.54, 1.807) is 60.7 Å². The highest BCUT2D eigenvalue weighted by Gasteiger charge is 2.38. The number of ether oxygens (including phenoxy) is 3. The van der Waals surface area contributed by atoms with Crippen LogP contribution in [0.1, 0.15) is 37.8 Å². The first-order valence-corrected chi connectivity index (χ1v) is 17.3. The number of para-hydroxylation sites is 2. The Hall–Kier alpha value is -6.21. The van der Waals surface area contributed by atoms with Crippen molar-refractivity contribution < 1.29 is 37.0 Å². The minimum absolute atomic E-state index is 0.0123. The largest absolute Gasteiger partial charge is 0.519 e. The Balaban J connectivity index is 1.24. The van der Waals surface area contributed by atoms with Gasteiger partial charge in [-0.25, -0.2) is 19.6 Å². The molecular formula is C41H36F3N5O5. The summed E-state index contributed by atoms with van der Waals surface area (Å²) in [6.07, 6.45) is -3.23. The molecule has 0 unspecified atom stereocenters. The lowest BCUT2D eigenvalue weighted by molar-refractivity contribution is -0.137. The maximum atomic E-state index is 14.6. The van der Waals surface area contributed by atoms with Gasteiger partial charge in [0.1, 0.15) is 22.8 Å². The summed E-state index contributed by atoms with van der Waals surface area (Å²) in [5.41, 5.74) is -0.387. The van der Waals surface area contributed by atoms with Crippen LogP contribution in [0.4, 0.5) is 28.7 Å². The Morgan fingerprint density at radius 3 is 2.15 bits per heavy atom. The Kier molecular flexibility index (Phi) is 10.1. The minimum Gasteiger partial charge on any atom is -0.410 e. The van der Waals surface area contributed by atoms with Crippen LogP contribution in [0.5, 0.6) is 17.2 Å².